The zero-order valence-electron chi connectivity index (χ0n) is 4.91. The monoisotopic (exact) mass is 229 g/mol. The van der Waals surface area contributed by atoms with Crippen molar-refractivity contribution >= 4 is 39.1 Å². The molecule has 1 fully saturated rings. The molecule has 3 heteroatoms. The Bertz CT molecular complexity index is 103. The minimum Gasteiger partial charge on any atom is -0.102 e. The number of rotatable bonds is 0. The topological polar surface area (TPSA) is 0 Å². The summed E-state index contributed by atoms with van der Waals surface area (Å²) >= 11 is 15.2. The molecule has 0 aromatic carbocycles. The van der Waals surface area contributed by atoms with Gasteiger partial charge in [0, 0.05) is 4.83 Å². The van der Waals surface area contributed by atoms with Crippen molar-refractivity contribution in [3.8, 4) is 0 Å². The summed E-state index contributed by atoms with van der Waals surface area (Å²) < 4.78 is -0.483. The predicted molar refractivity (Wildman–Crippen MR) is 45.3 cm³/mol. The highest BCUT2D eigenvalue weighted by Gasteiger charge is 2.30. The molecular formula is C6H8BrCl2. The lowest BCUT2D eigenvalue weighted by Crippen LogP contribution is -2.24. The van der Waals surface area contributed by atoms with Crippen LogP contribution < -0.4 is 0 Å². The van der Waals surface area contributed by atoms with Crippen LogP contribution >= 0.6 is 39.1 Å². The molecule has 0 aromatic heterocycles. The summed E-state index contributed by atoms with van der Waals surface area (Å²) in [5, 5.41) is 0. The smallest absolute Gasteiger partial charge is 0.102 e. The highest BCUT2D eigenvalue weighted by Crippen LogP contribution is 2.39. The first-order valence-electron chi connectivity index (χ1n) is 2.95. The van der Waals surface area contributed by atoms with Crippen molar-refractivity contribution in [2.75, 3.05) is 0 Å². The van der Waals surface area contributed by atoms with Crippen LogP contribution in [0.1, 0.15) is 19.3 Å². The van der Waals surface area contributed by atoms with Crippen LogP contribution in [0.4, 0.5) is 0 Å². The predicted octanol–water partition coefficient (Wildman–Crippen LogP) is 3.31. The van der Waals surface area contributed by atoms with Crippen LogP contribution in [0, 0.1) is 6.42 Å². The molecule has 0 aliphatic heterocycles. The summed E-state index contributed by atoms with van der Waals surface area (Å²) in [6.07, 6.45) is 4.93. The van der Waals surface area contributed by atoms with Gasteiger partial charge >= 0.3 is 0 Å². The lowest BCUT2D eigenvalue weighted by molar-refractivity contribution is 0.572. The third kappa shape index (κ3) is 2.65. The van der Waals surface area contributed by atoms with Crippen LogP contribution in [-0.4, -0.2) is 9.16 Å². The summed E-state index contributed by atoms with van der Waals surface area (Å²) in [5.74, 6) is 0. The summed E-state index contributed by atoms with van der Waals surface area (Å²) in [6.45, 7) is 0. The normalized spacial score (nSPS) is 34.3. The fraction of sp³-hybridized carbons (Fsp3) is 0.833. The summed E-state index contributed by atoms with van der Waals surface area (Å²) in [7, 11) is 0. The van der Waals surface area contributed by atoms with E-state index in [4.69, 9.17) is 23.2 Å². The number of halogens is 3. The molecule has 1 radical (unpaired) electrons. The zero-order chi connectivity index (χ0) is 6.91. The second kappa shape index (κ2) is 2.98. The van der Waals surface area contributed by atoms with E-state index < -0.39 is 4.33 Å². The van der Waals surface area contributed by atoms with Crippen molar-refractivity contribution in [2.24, 2.45) is 0 Å². The molecule has 0 spiro atoms. The maximum Gasteiger partial charge on any atom is 0.119 e. The van der Waals surface area contributed by atoms with Gasteiger partial charge in [0.2, 0.25) is 0 Å². The van der Waals surface area contributed by atoms with Crippen molar-refractivity contribution in [3.63, 3.8) is 0 Å². The Morgan fingerprint density at radius 1 is 1.56 bits per heavy atom. The second-order valence-electron chi connectivity index (χ2n) is 2.35. The Morgan fingerprint density at radius 2 is 2.22 bits per heavy atom. The molecule has 1 unspecified atom stereocenters. The fourth-order valence-corrected chi connectivity index (χ4v) is 2.69. The maximum absolute atomic E-state index is 5.88. The quantitative estimate of drug-likeness (QED) is 0.561. The molecule has 1 rings (SSSR count). The minimum absolute atomic E-state index is 0.404. The van der Waals surface area contributed by atoms with E-state index in [0.29, 0.717) is 4.83 Å². The van der Waals surface area contributed by atoms with Gasteiger partial charge in [0.1, 0.15) is 4.33 Å². The van der Waals surface area contributed by atoms with Gasteiger partial charge in [0.15, 0.2) is 0 Å². The molecule has 0 bridgehead atoms. The first-order chi connectivity index (χ1) is 4.10. The third-order valence-electron chi connectivity index (χ3n) is 1.43. The van der Waals surface area contributed by atoms with E-state index in [1.165, 1.54) is 0 Å². The molecule has 1 aliphatic carbocycles. The molecule has 1 atom stereocenters. The Morgan fingerprint density at radius 3 is 2.56 bits per heavy atom. The molecule has 0 N–H and O–H groups in total. The van der Waals surface area contributed by atoms with Gasteiger partial charge in [0.05, 0.1) is 0 Å². The van der Waals surface area contributed by atoms with Crippen LogP contribution in [0.2, 0.25) is 0 Å². The van der Waals surface area contributed by atoms with Crippen molar-refractivity contribution in [2.45, 2.75) is 28.4 Å². The van der Waals surface area contributed by atoms with Gasteiger partial charge in [-0.15, -0.1) is 23.2 Å². The average Bonchev–Trinajstić information content (AvgIpc) is 1.60. The van der Waals surface area contributed by atoms with E-state index in [0.717, 1.165) is 19.3 Å². The molecule has 0 aromatic rings. The van der Waals surface area contributed by atoms with Gasteiger partial charge in [-0.25, -0.2) is 0 Å². The lowest BCUT2D eigenvalue weighted by atomic mass is 10.00. The molecular weight excluding hydrogens is 223 g/mol. The van der Waals surface area contributed by atoms with Gasteiger partial charge in [-0.2, -0.15) is 0 Å². The van der Waals surface area contributed by atoms with Gasteiger partial charge in [-0.3, -0.25) is 0 Å². The first-order valence-corrected chi connectivity index (χ1v) is 4.62. The number of alkyl halides is 3. The van der Waals surface area contributed by atoms with Crippen LogP contribution in [-0.2, 0) is 0 Å². The van der Waals surface area contributed by atoms with Gasteiger partial charge in [0.25, 0.3) is 0 Å². The summed E-state index contributed by atoms with van der Waals surface area (Å²) in [4.78, 5) is 0.404. The molecule has 0 saturated heterocycles. The minimum atomic E-state index is -0.483. The van der Waals surface area contributed by atoms with E-state index in [-0.39, 0.29) is 0 Å². The molecule has 0 heterocycles. The van der Waals surface area contributed by atoms with Crippen molar-refractivity contribution in [1.29, 1.82) is 0 Å². The van der Waals surface area contributed by atoms with Gasteiger partial charge in [-0.1, -0.05) is 15.9 Å². The number of hydrogen-bond donors (Lipinski definition) is 0. The molecule has 1 aliphatic rings. The molecule has 1 saturated carbocycles. The molecule has 9 heavy (non-hydrogen) atoms. The Balaban J connectivity index is 2.41. The summed E-state index contributed by atoms with van der Waals surface area (Å²) in [6, 6.07) is 0. The Hall–Kier alpha value is 1.06. The van der Waals surface area contributed by atoms with Crippen LogP contribution in [0.25, 0.3) is 0 Å². The maximum atomic E-state index is 5.88. The molecule has 53 valence electrons. The standard InChI is InChI=1S/C6H8BrCl2/c7-5-2-1-3-6(8,9)4-5/h2,5H,1,3-4H2. The highest BCUT2D eigenvalue weighted by molar-refractivity contribution is 9.09. The Labute approximate surface area is 74.0 Å². The van der Waals surface area contributed by atoms with E-state index in [1.54, 1.807) is 0 Å². The lowest BCUT2D eigenvalue weighted by Gasteiger charge is -2.27. The van der Waals surface area contributed by atoms with Crippen molar-refractivity contribution in [3.05, 3.63) is 6.42 Å². The van der Waals surface area contributed by atoms with E-state index in [2.05, 4.69) is 22.4 Å². The zero-order valence-corrected chi connectivity index (χ0v) is 8.01. The number of hydrogen-bond acceptors (Lipinski definition) is 0. The van der Waals surface area contributed by atoms with E-state index in [1.807, 2.05) is 0 Å². The second-order valence-corrected chi connectivity index (χ2v) is 5.17. The summed E-state index contributed by atoms with van der Waals surface area (Å²) in [5.41, 5.74) is 0. The SMILES string of the molecule is ClC1(Cl)CC[CH]C(Br)C1. The third-order valence-corrected chi connectivity index (χ3v) is 2.81. The van der Waals surface area contributed by atoms with Gasteiger partial charge in [-0.05, 0) is 25.7 Å². The van der Waals surface area contributed by atoms with Crippen LogP contribution in [0.15, 0.2) is 0 Å². The van der Waals surface area contributed by atoms with E-state index >= 15 is 0 Å². The fourth-order valence-electron chi connectivity index (χ4n) is 0.946. The largest absolute Gasteiger partial charge is 0.119 e. The van der Waals surface area contributed by atoms with Gasteiger partial charge < -0.3 is 0 Å². The Kier molecular flexibility index (Phi) is 2.70. The molecule has 0 nitrogen and oxygen atoms in total. The first kappa shape index (κ1) is 8.16. The molecule has 0 amide bonds. The highest BCUT2D eigenvalue weighted by atomic mass is 79.9. The van der Waals surface area contributed by atoms with Crippen LogP contribution in [0.5, 0.6) is 0 Å². The van der Waals surface area contributed by atoms with Crippen molar-refractivity contribution in [1.82, 2.24) is 0 Å². The average molecular weight is 231 g/mol. The van der Waals surface area contributed by atoms with Crippen LogP contribution in [0.3, 0.4) is 0 Å². The van der Waals surface area contributed by atoms with Crippen molar-refractivity contribution < 1.29 is 0 Å². The van der Waals surface area contributed by atoms with E-state index in [9.17, 15) is 0 Å².